The third-order valence-electron chi connectivity index (χ3n) is 4.18. The summed E-state index contributed by atoms with van der Waals surface area (Å²) in [5, 5.41) is 3.01. The minimum Gasteiger partial charge on any atom is -0.481 e. The van der Waals surface area contributed by atoms with Gasteiger partial charge in [0.25, 0.3) is 0 Å². The van der Waals surface area contributed by atoms with Gasteiger partial charge in [-0.25, -0.2) is 9.78 Å². The molecule has 0 spiro atoms. The molecule has 6 heteroatoms. The highest BCUT2D eigenvalue weighted by molar-refractivity contribution is 5.75. The van der Waals surface area contributed by atoms with E-state index in [2.05, 4.69) is 10.3 Å². The number of urea groups is 1. The first-order chi connectivity index (χ1) is 10.8. The fraction of sp³-hybridized carbons (Fsp3) is 0.625. The Morgan fingerprint density at radius 3 is 3.05 bits per heavy atom. The van der Waals surface area contributed by atoms with Crippen molar-refractivity contribution in [3.05, 3.63) is 23.9 Å². The predicted octanol–water partition coefficient (Wildman–Crippen LogP) is 1.80. The summed E-state index contributed by atoms with van der Waals surface area (Å²) < 4.78 is 10.5. The molecule has 2 amide bonds. The zero-order valence-electron chi connectivity index (χ0n) is 13.0. The van der Waals surface area contributed by atoms with Crippen LogP contribution in [0.1, 0.15) is 24.8 Å². The highest BCUT2D eigenvalue weighted by Gasteiger charge is 2.34. The average Bonchev–Trinajstić information content (AvgIpc) is 3.26. The third-order valence-corrected chi connectivity index (χ3v) is 4.18. The van der Waals surface area contributed by atoms with Gasteiger partial charge in [-0.05, 0) is 30.9 Å². The van der Waals surface area contributed by atoms with Crippen LogP contribution in [0.5, 0.6) is 5.88 Å². The minimum absolute atomic E-state index is 0.0187. The second kappa shape index (κ2) is 6.96. The Hall–Kier alpha value is -1.82. The van der Waals surface area contributed by atoms with E-state index < -0.39 is 0 Å². The summed E-state index contributed by atoms with van der Waals surface area (Å²) in [5.41, 5.74) is 0.986. The summed E-state index contributed by atoms with van der Waals surface area (Å²) >= 11 is 0. The van der Waals surface area contributed by atoms with Crippen LogP contribution in [0.3, 0.4) is 0 Å². The number of carbonyl (C=O) groups excluding carboxylic acids is 1. The molecule has 1 aliphatic carbocycles. The van der Waals surface area contributed by atoms with Gasteiger partial charge in [0, 0.05) is 43.9 Å². The number of hydrogen-bond acceptors (Lipinski definition) is 4. The molecule has 0 unspecified atom stereocenters. The number of rotatable bonds is 6. The molecule has 0 radical (unpaired) electrons. The Bertz CT molecular complexity index is 513. The summed E-state index contributed by atoms with van der Waals surface area (Å²) in [6.07, 6.45) is 4.97. The lowest BCUT2D eigenvalue weighted by atomic mass is 10.1. The number of nitrogens with zero attached hydrogens (tertiary/aromatic N) is 2. The van der Waals surface area contributed by atoms with Crippen LogP contribution in [-0.2, 0) is 11.3 Å². The first kappa shape index (κ1) is 15.1. The van der Waals surface area contributed by atoms with E-state index in [0.29, 0.717) is 24.4 Å². The summed E-state index contributed by atoms with van der Waals surface area (Å²) in [4.78, 5) is 18.5. The SMILES string of the molecule is COc1cc(CNC(=O)N(C[C@H]2CCOC2)C2CC2)ccn1. The van der Waals surface area contributed by atoms with Gasteiger partial charge in [0.1, 0.15) is 0 Å². The third kappa shape index (κ3) is 3.88. The molecular formula is C16H23N3O3. The minimum atomic E-state index is 0.0187. The van der Waals surface area contributed by atoms with Crippen molar-refractivity contribution >= 4 is 6.03 Å². The number of aromatic nitrogens is 1. The molecule has 2 fully saturated rings. The molecule has 6 nitrogen and oxygen atoms in total. The van der Waals surface area contributed by atoms with E-state index in [0.717, 1.165) is 44.6 Å². The zero-order valence-corrected chi connectivity index (χ0v) is 13.0. The van der Waals surface area contributed by atoms with Gasteiger partial charge in [-0.2, -0.15) is 0 Å². The van der Waals surface area contributed by atoms with E-state index in [1.807, 2.05) is 17.0 Å². The highest BCUT2D eigenvalue weighted by atomic mass is 16.5. The Balaban J connectivity index is 1.54. The largest absolute Gasteiger partial charge is 0.481 e. The van der Waals surface area contributed by atoms with E-state index in [1.165, 1.54) is 0 Å². The van der Waals surface area contributed by atoms with Crippen LogP contribution in [0.4, 0.5) is 4.79 Å². The van der Waals surface area contributed by atoms with Gasteiger partial charge < -0.3 is 19.7 Å². The molecule has 1 N–H and O–H groups in total. The number of carbonyl (C=O) groups is 1. The maximum atomic E-state index is 12.5. The van der Waals surface area contributed by atoms with Gasteiger partial charge in [-0.1, -0.05) is 0 Å². The van der Waals surface area contributed by atoms with Gasteiger partial charge in [-0.3, -0.25) is 0 Å². The van der Waals surface area contributed by atoms with E-state index in [1.54, 1.807) is 13.3 Å². The van der Waals surface area contributed by atoms with E-state index in [4.69, 9.17) is 9.47 Å². The molecule has 0 aromatic carbocycles. The molecule has 22 heavy (non-hydrogen) atoms. The summed E-state index contributed by atoms with van der Waals surface area (Å²) in [6, 6.07) is 4.15. The van der Waals surface area contributed by atoms with Gasteiger partial charge in [0.15, 0.2) is 0 Å². The first-order valence-electron chi connectivity index (χ1n) is 7.87. The van der Waals surface area contributed by atoms with Crippen molar-refractivity contribution in [2.24, 2.45) is 5.92 Å². The van der Waals surface area contributed by atoms with E-state index in [9.17, 15) is 4.79 Å². The van der Waals surface area contributed by atoms with Crippen LogP contribution >= 0.6 is 0 Å². The van der Waals surface area contributed by atoms with Crippen molar-refractivity contribution in [3.8, 4) is 5.88 Å². The van der Waals surface area contributed by atoms with E-state index in [-0.39, 0.29) is 6.03 Å². The van der Waals surface area contributed by atoms with Gasteiger partial charge in [0.2, 0.25) is 5.88 Å². The van der Waals surface area contributed by atoms with E-state index >= 15 is 0 Å². The molecule has 120 valence electrons. The van der Waals surface area contributed by atoms with Crippen molar-refractivity contribution in [1.29, 1.82) is 0 Å². The van der Waals surface area contributed by atoms with Crippen molar-refractivity contribution in [1.82, 2.24) is 15.2 Å². The number of methoxy groups -OCH3 is 1. The Morgan fingerprint density at radius 1 is 1.50 bits per heavy atom. The fourth-order valence-electron chi connectivity index (χ4n) is 2.74. The number of amides is 2. The normalized spacial score (nSPS) is 20.7. The standard InChI is InChI=1S/C16H23N3O3/c1-21-15-8-12(4-6-17-15)9-18-16(20)19(14-2-3-14)10-13-5-7-22-11-13/h4,6,8,13-14H,2-3,5,7,9-11H2,1H3,(H,18,20)/t13-/m1/s1. The van der Waals surface area contributed by atoms with Gasteiger partial charge in [-0.15, -0.1) is 0 Å². The monoisotopic (exact) mass is 305 g/mol. The number of nitrogens with one attached hydrogen (secondary N) is 1. The van der Waals surface area contributed by atoms with Crippen molar-refractivity contribution in [2.45, 2.75) is 31.8 Å². The molecule has 1 aliphatic heterocycles. The Morgan fingerprint density at radius 2 is 2.36 bits per heavy atom. The molecular weight excluding hydrogens is 282 g/mol. The number of pyridine rings is 1. The Labute approximate surface area is 130 Å². The van der Waals surface area contributed by atoms with Gasteiger partial charge in [0.05, 0.1) is 13.7 Å². The van der Waals surface area contributed by atoms with Crippen molar-refractivity contribution in [3.63, 3.8) is 0 Å². The lowest BCUT2D eigenvalue weighted by molar-refractivity contribution is 0.162. The second-order valence-electron chi connectivity index (χ2n) is 5.98. The second-order valence-corrected chi connectivity index (χ2v) is 5.98. The fourth-order valence-corrected chi connectivity index (χ4v) is 2.74. The van der Waals surface area contributed by atoms with Gasteiger partial charge >= 0.3 is 6.03 Å². The number of hydrogen-bond donors (Lipinski definition) is 1. The zero-order chi connectivity index (χ0) is 15.4. The van der Waals surface area contributed by atoms with Crippen LogP contribution in [0.15, 0.2) is 18.3 Å². The molecule has 1 saturated heterocycles. The van der Waals surface area contributed by atoms with Crippen LogP contribution in [0.25, 0.3) is 0 Å². The van der Waals surface area contributed by atoms with Crippen LogP contribution in [-0.4, -0.2) is 48.8 Å². The maximum Gasteiger partial charge on any atom is 0.317 e. The molecule has 2 heterocycles. The summed E-state index contributed by atoms with van der Waals surface area (Å²) in [7, 11) is 1.59. The smallest absolute Gasteiger partial charge is 0.317 e. The molecule has 3 rings (SSSR count). The van der Waals surface area contributed by atoms with Crippen LogP contribution in [0, 0.1) is 5.92 Å². The molecule has 1 aromatic rings. The summed E-state index contributed by atoms with van der Waals surface area (Å²) in [6.45, 7) is 2.89. The lowest BCUT2D eigenvalue weighted by Gasteiger charge is -2.25. The highest BCUT2D eigenvalue weighted by Crippen LogP contribution is 2.29. The Kier molecular flexibility index (Phi) is 4.77. The van der Waals surface area contributed by atoms with Crippen molar-refractivity contribution in [2.75, 3.05) is 26.9 Å². The molecule has 1 aromatic heterocycles. The molecule has 2 aliphatic rings. The van der Waals surface area contributed by atoms with Crippen molar-refractivity contribution < 1.29 is 14.3 Å². The molecule has 1 atom stereocenters. The summed E-state index contributed by atoms with van der Waals surface area (Å²) in [5.74, 6) is 1.04. The first-order valence-corrected chi connectivity index (χ1v) is 7.87. The molecule has 0 bridgehead atoms. The lowest BCUT2D eigenvalue weighted by Crippen LogP contribution is -2.43. The predicted molar refractivity (Wildman–Crippen MR) is 81.7 cm³/mol. The molecule has 1 saturated carbocycles. The quantitative estimate of drug-likeness (QED) is 0.870. The van der Waals surface area contributed by atoms with Crippen LogP contribution in [0.2, 0.25) is 0 Å². The van der Waals surface area contributed by atoms with Crippen LogP contribution < -0.4 is 10.1 Å². The number of ether oxygens (including phenoxy) is 2. The topological polar surface area (TPSA) is 63.7 Å². The average molecular weight is 305 g/mol. The maximum absolute atomic E-state index is 12.5.